The Morgan fingerprint density at radius 1 is 1.00 bits per heavy atom. The first kappa shape index (κ1) is 15.0. The highest BCUT2D eigenvalue weighted by Crippen LogP contribution is 2.36. The van der Waals surface area contributed by atoms with Gasteiger partial charge in [-0.1, -0.05) is 42.8 Å². The van der Waals surface area contributed by atoms with Crippen LogP contribution in [0.2, 0.25) is 0 Å². The SMILES string of the molecule is c1ccc(-n2c(SC3CCCC3)nnc2N2CCOCC2)cc1. The van der Waals surface area contributed by atoms with Crippen molar-refractivity contribution in [2.75, 3.05) is 31.2 Å². The van der Waals surface area contributed by atoms with E-state index in [0.717, 1.165) is 43.1 Å². The number of morpholine rings is 1. The van der Waals surface area contributed by atoms with Crippen LogP contribution in [0.5, 0.6) is 0 Å². The molecule has 1 saturated carbocycles. The van der Waals surface area contributed by atoms with Crippen LogP contribution < -0.4 is 4.90 Å². The molecule has 2 heterocycles. The maximum atomic E-state index is 5.48. The lowest BCUT2D eigenvalue weighted by atomic mass is 10.3. The molecule has 1 aromatic carbocycles. The van der Waals surface area contributed by atoms with Crippen LogP contribution >= 0.6 is 11.8 Å². The van der Waals surface area contributed by atoms with Crippen molar-refractivity contribution in [3.8, 4) is 5.69 Å². The molecule has 0 radical (unpaired) electrons. The Labute approximate surface area is 141 Å². The first-order valence-electron chi connectivity index (χ1n) is 8.42. The average molecular weight is 330 g/mol. The second-order valence-corrected chi connectivity index (χ2v) is 7.34. The molecule has 6 heteroatoms. The Morgan fingerprint density at radius 2 is 1.74 bits per heavy atom. The second kappa shape index (κ2) is 6.93. The Hall–Kier alpha value is -1.53. The van der Waals surface area contributed by atoms with Crippen LogP contribution in [0.1, 0.15) is 25.7 Å². The molecule has 0 atom stereocenters. The van der Waals surface area contributed by atoms with E-state index in [9.17, 15) is 0 Å². The van der Waals surface area contributed by atoms with E-state index >= 15 is 0 Å². The van der Waals surface area contributed by atoms with Crippen molar-refractivity contribution in [2.45, 2.75) is 36.1 Å². The molecule has 1 aliphatic carbocycles. The molecule has 2 aliphatic rings. The third-order valence-electron chi connectivity index (χ3n) is 4.50. The number of nitrogens with zero attached hydrogens (tertiary/aromatic N) is 4. The summed E-state index contributed by atoms with van der Waals surface area (Å²) in [5.41, 5.74) is 1.14. The Balaban J connectivity index is 1.69. The molecule has 4 rings (SSSR count). The Bertz CT molecular complexity index is 633. The molecule has 0 amide bonds. The lowest BCUT2D eigenvalue weighted by Crippen LogP contribution is -2.37. The van der Waals surface area contributed by atoms with Crippen LogP contribution in [0, 0.1) is 0 Å². The molecular weight excluding hydrogens is 308 g/mol. The molecule has 5 nitrogen and oxygen atoms in total. The summed E-state index contributed by atoms with van der Waals surface area (Å²) in [6.07, 6.45) is 5.26. The van der Waals surface area contributed by atoms with E-state index < -0.39 is 0 Å². The fraction of sp³-hybridized carbons (Fsp3) is 0.529. The quantitative estimate of drug-likeness (QED) is 0.861. The van der Waals surface area contributed by atoms with Crippen molar-refractivity contribution >= 4 is 17.7 Å². The number of rotatable bonds is 4. The third-order valence-corrected chi connectivity index (χ3v) is 5.78. The molecule has 1 saturated heterocycles. The van der Waals surface area contributed by atoms with Crippen LogP contribution in [-0.4, -0.2) is 46.3 Å². The van der Waals surface area contributed by atoms with E-state index in [1.54, 1.807) is 0 Å². The van der Waals surface area contributed by atoms with Gasteiger partial charge in [-0.15, -0.1) is 10.2 Å². The van der Waals surface area contributed by atoms with Crippen molar-refractivity contribution < 1.29 is 4.74 Å². The topological polar surface area (TPSA) is 43.2 Å². The van der Waals surface area contributed by atoms with Crippen LogP contribution in [0.4, 0.5) is 5.95 Å². The van der Waals surface area contributed by atoms with Gasteiger partial charge in [-0.3, -0.25) is 4.57 Å². The summed E-state index contributed by atoms with van der Waals surface area (Å²) in [6, 6.07) is 10.5. The summed E-state index contributed by atoms with van der Waals surface area (Å²) in [4.78, 5) is 2.28. The van der Waals surface area contributed by atoms with Gasteiger partial charge < -0.3 is 9.64 Å². The zero-order chi connectivity index (χ0) is 15.5. The molecular formula is C17H22N4OS. The molecule has 0 bridgehead atoms. The maximum Gasteiger partial charge on any atom is 0.232 e. The van der Waals surface area contributed by atoms with Gasteiger partial charge in [0.1, 0.15) is 0 Å². The molecule has 2 aromatic rings. The highest BCUT2D eigenvalue weighted by molar-refractivity contribution is 7.99. The Kier molecular flexibility index (Phi) is 4.52. The molecule has 0 N–H and O–H groups in total. The van der Waals surface area contributed by atoms with Gasteiger partial charge in [-0.2, -0.15) is 0 Å². The van der Waals surface area contributed by atoms with Gasteiger partial charge in [0, 0.05) is 18.3 Å². The smallest absolute Gasteiger partial charge is 0.232 e. The number of aromatic nitrogens is 3. The summed E-state index contributed by atoms with van der Waals surface area (Å²) in [7, 11) is 0. The number of hydrogen-bond acceptors (Lipinski definition) is 5. The van der Waals surface area contributed by atoms with E-state index in [1.807, 2.05) is 17.8 Å². The van der Waals surface area contributed by atoms with Crippen molar-refractivity contribution in [2.24, 2.45) is 0 Å². The van der Waals surface area contributed by atoms with Gasteiger partial charge in [0.25, 0.3) is 0 Å². The van der Waals surface area contributed by atoms with Crippen molar-refractivity contribution in [3.63, 3.8) is 0 Å². The van der Waals surface area contributed by atoms with Gasteiger partial charge in [0.05, 0.1) is 18.9 Å². The molecule has 0 spiro atoms. The summed E-state index contributed by atoms with van der Waals surface area (Å²) in [5.74, 6) is 0.944. The first-order valence-corrected chi connectivity index (χ1v) is 9.30. The maximum absolute atomic E-state index is 5.48. The zero-order valence-electron chi connectivity index (χ0n) is 13.2. The predicted octanol–water partition coefficient (Wildman–Crippen LogP) is 3.14. The zero-order valence-corrected chi connectivity index (χ0v) is 14.0. The fourth-order valence-corrected chi connectivity index (χ4v) is 4.51. The minimum atomic E-state index is 0.680. The highest BCUT2D eigenvalue weighted by Gasteiger charge is 2.25. The minimum absolute atomic E-state index is 0.680. The average Bonchev–Trinajstić information content (AvgIpc) is 3.27. The minimum Gasteiger partial charge on any atom is -0.378 e. The van der Waals surface area contributed by atoms with Crippen molar-refractivity contribution in [1.82, 2.24) is 14.8 Å². The summed E-state index contributed by atoms with van der Waals surface area (Å²) in [5, 5.41) is 10.7. The largest absolute Gasteiger partial charge is 0.378 e. The molecule has 0 unspecified atom stereocenters. The van der Waals surface area contributed by atoms with E-state index in [1.165, 1.54) is 25.7 Å². The van der Waals surface area contributed by atoms with Gasteiger partial charge in [-0.25, -0.2) is 0 Å². The third kappa shape index (κ3) is 3.23. The van der Waals surface area contributed by atoms with E-state index in [0.29, 0.717) is 5.25 Å². The normalized spacial score (nSPS) is 19.4. The molecule has 122 valence electrons. The van der Waals surface area contributed by atoms with Crippen LogP contribution in [0.25, 0.3) is 5.69 Å². The predicted molar refractivity (Wildman–Crippen MR) is 92.5 cm³/mol. The standard InChI is InChI=1S/C17H22N4OS/c1-2-6-14(7-3-1)21-16(20-10-12-22-13-11-20)18-19-17(21)23-15-8-4-5-9-15/h1-3,6-7,15H,4-5,8-13H2. The molecule has 1 aliphatic heterocycles. The van der Waals surface area contributed by atoms with Gasteiger partial charge in [-0.05, 0) is 25.0 Å². The lowest BCUT2D eigenvalue weighted by Gasteiger charge is -2.28. The number of anilines is 1. The number of thioether (sulfide) groups is 1. The summed E-state index contributed by atoms with van der Waals surface area (Å²) >= 11 is 1.89. The Morgan fingerprint density at radius 3 is 2.48 bits per heavy atom. The van der Waals surface area contributed by atoms with Crippen molar-refractivity contribution in [3.05, 3.63) is 30.3 Å². The van der Waals surface area contributed by atoms with Crippen molar-refractivity contribution in [1.29, 1.82) is 0 Å². The number of para-hydroxylation sites is 1. The summed E-state index contributed by atoms with van der Waals surface area (Å²) < 4.78 is 7.69. The van der Waals surface area contributed by atoms with Crippen LogP contribution in [0.15, 0.2) is 35.5 Å². The molecule has 23 heavy (non-hydrogen) atoms. The summed E-state index contributed by atoms with van der Waals surface area (Å²) in [6.45, 7) is 3.26. The van der Waals surface area contributed by atoms with Crippen LogP contribution in [0.3, 0.4) is 0 Å². The van der Waals surface area contributed by atoms with Gasteiger partial charge in [0.15, 0.2) is 5.16 Å². The highest BCUT2D eigenvalue weighted by atomic mass is 32.2. The fourth-order valence-electron chi connectivity index (χ4n) is 3.27. The van der Waals surface area contributed by atoms with E-state index in [4.69, 9.17) is 4.74 Å². The molecule has 2 fully saturated rings. The lowest BCUT2D eigenvalue weighted by molar-refractivity contribution is 0.122. The number of hydrogen-bond donors (Lipinski definition) is 0. The first-order chi connectivity index (χ1) is 11.4. The van der Waals surface area contributed by atoms with Gasteiger partial charge in [0.2, 0.25) is 5.95 Å². The second-order valence-electron chi connectivity index (χ2n) is 6.08. The van der Waals surface area contributed by atoms with E-state index in [-0.39, 0.29) is 0 Å². The monoisotopic (exact) mass is 330 g/mol. The number of ether oxygens (including phenoxy) is 1. The molecule has 1 aromatic heterocycles. The number of benzene rings is 1. The van der Waals surface area contributed by atoms with Gasteiger partial charge >= 0.3 is 0 Å². The van der Waals surface area contributed by atoms with Crippen LogP contribution in [-0.2, 0) is 4.74 Å². The van der Waals surface area contributed by atoms with E-state index in [2.05, 4.69) is 43.9 Å².